The normalized spacial score (nSPS) is 11.3. The van der Waals surface area contributed by atoms with E-state index in [4.69, 9.17) is 4.98 Å². The molecular formula is C28H24N8O. The van der Waals surface area contributed by atoms with E-state index in [-0.39, 0.29) is 5.56 Å². The number of imidazole rings is 1. The van der Waals surface area contributed by atoms with E-state index in [2.05, 4.69) is 79.6 Å². The molecule has 0 bridgehead atoms. The van der Waals surface area contributed by atoms with Crippen LogP contribution in [0.25, 0.3) is 50.5 Å². The van der Waals surface area contributed by atoms with Crippen LogP contribution in [0.15, 0.2) is 77.6 Å². The average molecular weight is 489 g/mol. The van der Waals surface area contributed by atoms with Crippen molar-refractivity contribution in [3.05, 3.63) is 94.5 Å². The van der Waals surface area contributed by atoms with Crippen molar-refractivity contribution >= 4 is 11.0 Å². The highest BCUT2D eigenvalue weighted by atomic mass is 16.1. The topological polar surface area (TPSA) is 118 Å². The molecule has 0 spiro atoms. The average Bonchev–Trinajstić information content (AvgIpc) is 3.58. The predicted molar refractivity (Wildman–Crippen MR) is 142 cm³/mol. The minimum Gasteiger partial charge on any atom is -0.296 e. The van der Waals surface area contributed by atoms with Gasteiger partial charge in [-0.1, -0.05) is 43.3 Å². The van der Waals surface area contributed by atoms with Crippen LogP contribution in [0, 0.1) is 6.92 Å². The molecule has 6 aromatic rings. The van der Waals surface area contributed by atoms with Crippen molar-refractivity contribution in [2.24, 2.45) is 0 Å². The number of benzene rings is 3. The first-order valence-electron chi connectivity index (χ1n) is 12.1. The summed E-state index contributed by atoms with van der Waals surface area (Å²) in [6.45, 7) is 4.28. The van der Waals surface area contributed by atoms with Crippen molar-refractivity contribution < 1.29 is 0 Å². The summed E-state index contributed by atoms with van der Waals surface area (Å²) in [5.41, 5.74) is 8.40. The second-order valence-electron chi connectivity index (χ2n) is 8.91. The lowest BCUT2D eigenvalue weighted by molar-refractivity contribution is 0.816. The second kappa shape index (κ2) is 9.27. The highest BCUT2D eigenvalue weighted by Gasteiger charge is 2.19. The first-order valence-corrected chi connectivity index (χ1v) is 12.1. The fourth-order valence-electron chi connectivity index (χ4n) is 4.72. The molecule has 3 aromatic heterocycles. The van der Waals surface area contributed by atoms with Crippen LogP contribution in [0.1, 0.15) is 24.7 Å². The van der Waals surface area contributed by atoms with Gasteiger partial charge >= 0.3 is 0 Å². The number of nitrogens with zero attached hydrogens (tertiary/aromatic N) is 6. The lowest BCUT2D eigenvalue weighted by Gasteiger charge is -2.17. The summed E-state index contributed by atoms with van der Waals surface area (Å²) in [5.74, 6) is 1.57. The molecule has 2 N–H and O–H groups in total. The van der Waals surface area contributed by atoms with E-state index in [0.717, 1.165) is 63.2 Å². The van der Waals surface area contributed by atoms with Crippen molar-refractivity contribution in [1.82, 2.24) is 40.4 Å². The van der Waals surface area contributed by atoms with Crippen LogP contribution in [-0.2, 0) is 6.42 Å². The van der Waals surface area contributed by atoms with Crippen molar-refractivity contribution in [3.63, 3.8) is 0 Å². The molecule has 0 atom stereocenters. The van der Waals surface area contributed by atoms with Crippen LogP contribution in [0.2, 0.25) is 0 Å². The molecule has 37 heavy (non-hydrogen) atoms. The maximum Gasteiger partial charge on any atom is 0.264 e. The molecular weight excluding hydrogens is 464 g/mol. The van der Waals surface area contributed by atoms with Gasteiger partial charge in [0.1, 0.15) is 5.82 Å². The van der Waals surface area contributed by atoms with Crippen molar-refractivity contribution in [3.8, 4) is 39.5 Å². The quantitative estimate of drug-likeness (QED) is 0.345. The largest absolute Gasteiger partial charge is 0.296 e. The Labute approximate surface area is 212 Å². The summed E-state index contributed by atoms with van der Waals surface area (Å²) in [4.78, 5) is 16.5. The Hall–Kier alpha value is -4.92. The van der Waals surface area contributed by atoms with Gasteiger partial charge in [0, 0.05) is 23.6 Å². The number of H-pyrrole nitrogens is 2. The highest BCUT2D eigenvalue weighted by Crippen LogP contribution is 2.35. The first-order chi connectivity index (χ1) is 18.1. The van der Waals surface area contributed by atoms with Crippen molar-refractivity contribution in [2.45, 2.75) is 26.7 Å². The molecule has 0 amide bonds. The Morgan fingerprint density at radius 3 is 2.49 bits per heavy atom. The maximum atomic E-state index is 11.5. The number of hydrogen-bond donors (Lipinski definition) is 2. The molecule has 0 saturated heterocycles. The molecule has 182 valence electrons. The number of aryl methyl sites for hydroxylation is 1. The molecule has 0 radical (unpaired) electrons. The van der Waals surface area contributed by atoms with E-state index >= 15 is 0 Å². The van der Waals surface area contributed by atoms with E-state index in [1.807, 2.05) is 30.3 Å². The summed E-state index contributed by atoms with van der Waals surface area (Å²) < 4.78 is 2.23. The summed E-state index contributed by atoms with van der Waals surface area (Å²) in [6.07, 6.45) is 1.77. The molecule has 0 saturated carbocycles. The number of rotatable bonds is 6. The highest BCUT2D eigenvalue weighted by molar-refractivity contribution is 5.86. The van der Waals surface area contributed by atoms with Gasteiger partial charge in [-0.05, 0) is 70.8 Å². The molecule has 9 heteroatoms. The molecule has 0 unspecified atom stereocenters. The van der Waals surface area contributed by atoms with Crippen LogP contribution >= 0.6 is 0 Å². The van der Waals surface area contributed by atoms with Crippen LogP contribution in [0.3, 0.4) is 0 Å². The monoisotopic (exact) mass is 488 g/mol. The number of aromatic amines is 2. The Morgan fingerprint density at radius 1 is 0.892 bits per heavy atom. The van der Waals surface area contributed by atoms with Crippen molar-refractivity contribution in [1.29, 1.82) is 0 Å². The number of hydrogen-bond acceptors (Lipinski definition) is 6. The zero-order valence-electron chi connectivity index (χ0n) is 20.4. The summed E-state index contributed by atoms with van der Waals surface area (Å²) in [6, 6.07) is 23.8. The number of nitrogens with one attached hydrogen (secondary N) is 2. The van der Waals surface area contributed by atoms with E-state index in [1.54, 1.807) is 6.07 Å². The molecule has 0 aliphatic carbocycles. The third-order valence-electron chi connectivity index (χ3n) is 6.50. The summed E-state index contributed by atoms with van der Waals surface area (Å²) in [7, 11) is 0. The Kier molecular flexibility index (Phi) is 5.65. The summed E-state index contributed by atoms with van der Waals surface area (Å²) >= 11 is 0. The maximum absolute atomic E-state index is 11.5. The molecule has 6 rings (SSSR count). The van der Waals surface area contributed by atoms with Gasteiger partial charge in [-0.3, -0.25) is 9.36 Å². The van der Waals surface area contributed by atoms with Gasteiger partial charge in [0.15, 0.2) is 5.82 Å². The zero-order valence-corrected chi connectivity index (χ0v) is 20.4. The summed E-state index contributed by atoms with van der Waals surface area (Å²) in [5, 5.41) is 21.4. The molecule has 3 heterocycles. The van der Waals surface area contributed by atoms with Gasteiger partial charge < -0.3 is 0 Å². The third kappa shape index (κ3) is 4.10. The SMILES string of the molecule is CCCc1nc2ccc(-c3ccc(=O)[nH]n3)cc2n1-c1cc(-c2nnn[nH]2)cc(-c2ccccc2)c1C. The smallest absolute Gasteiger partial charge is 0.264 e. The fraction of sp³-hybridized carbons (Fsp3) is 0.143. The van der Waals surface area contributed by atoms with Crippen molar-refractivity contribution in [2.75, 3.05) is 0 Å². The van der Waals surface area contributed by atoms with Crippen LogP contribution in [0.4, 0.5) is 0 Å². The number of tetrazole rings is 1. The van der Waals surface area contributed by atoms with E-state index in [1.165, 1.54) is 6.07 Å². The van der Waals surface area contributed by atoms with Crippen LogP contribution in [-0.4, -0.2) is 40.4 Å². The molecule has 0 fully saturated rings. The Balaban J connectivity index is 1.64. The zero-order chi connectivity index (χ0) is 25.4. The third-order valence-corrected chi connectivity index (χ3v) is 6.50. The van der Waals surface area contributed by atoms with Gasteiger partial charge in [-0.2, -0.15) is 5.10 Å². The van der Waals surface area contributed by atoms with Gasteiger partial charge in [-0.25, -0.2) is 15.2 Å². The first kappa shape index (κ1) is 22.5. The minimum atomic E-state index is -0.233. The lowest BCUT2D eigenvalue weighted by Crippen LogP contribution is -2.06. The lowest BCUT2D eigenvalue weighted by atomic mass is 9.95. The predicted octanol–water partition coefficient (Wildman–Crippen LogP) is 4.88. The van der Waals surface area contributed by atoms with E-state index in [0.29, 0.717) is 11.5 Å². The second-order valence-corrected chi connectivity index (χ2v) is 8.91. The standard InChI is InChI=1S/C28H24N8O/c1-3-7-26-29-23-11-10-19(22-12-13-27(37)31-30-22)15-25(23)36(26)24-16-20(28-32-34-35-33-28)14-21(17(24)2)18-8-5-4-6-9-18/h4-6,8-16H,3,7H2,1-2H3,(H,31,37)(H,32,33,34,35). The van der Waals surface area contributed by atoms with E-state index < -0.39 is 0 Å². The molecule has 3 aromatic carbocycles. The number of aromatic nitrogens is 8. The Bertz CT molecular complexity index is 1750. The fourth-order valence-corrected chi connectivity index (χ4v) is 4.72. The van der Waals surface area contributed by atoms with Gasteiger partial charge in [0.05, 0.1) is 22.4 Å². The number of fused-ring (bicyclic) bond motifs is 1. The van der Waals surface area contributed by atoms with Gasteiger partial charge in [-0.15, -0.1) is 5.10 Å². The minimum absolute atomic E-state index is 0.233. The molecule has 0 aliphatic rings. The van der Waals surface area contributed by atoms with Crippen LogP contribution in [0.5, 0.6) is 0 Å². The molecule has 9 nitrogen and oxygen atoms in total. The van der Waals surface area contributed by atoms with E-state index in [9.17, 15) is 4.79 Å². The van der Waals surface area contributed by atoms with Gasteiger partial charge in [0.25, 0.3) is 5.56 Å². The van der Waals surface area contributed by atoms with Crippen LogP contribution < -0.4 is 5.56 Å². The van der Waals surface area contributed by atoms with Gasteiger partial charge in [0.2, 0.25) is 0 Å². The Morgan fingerprint density at radius 2 is 1.76 bits per heavy atom. The molecule has 0 aliphatic heterocycles.